The number of hydrogen-bond acceptors (Lipinski definition) is 3. The quantitative estimate of drug-likeness (QED) is 0.797. The van der Waals surface area contributed by atoms with Gasteiger partial charge in [0.05, 0.1) is 12.3 Å². The third kappa shape index (κ3) is 2.16. The molecule has 0 saturated carbocycles. The average molecular weight is 195 g/mol. The van der Waals surface area contributed by atoms with E-state index in [0.29, 0.717) is 12.0 Å². The standard InChI is InChI=1S/C11H17NO2/c1-12-10(11-3-2-5-14-11)7-9-4-6-13-8-9/h2-3,5,9-10,12H,4,6-8H2,1H3. The normalized spacial score (nSPS) is 23.9. The summed E-state index contributed by atoms with van der Waals surface area (Å²) >= 11 is 0. The van der Waals surface area contributed by atoms with Crippen molar-refractivity contribution in [2.24, 2.45) is 5.92 Å². The van der Waals surface area contributed by atoms with Crippen molar-refractivity contribution in [1.29, 1.82) is 0 Å². The Labute approximate surface area is 84.4 Å². The average Bonchev–Trinajstić information content (AvgIpc) is 2.86. The van der Waals surface area contributed by atoms with Crippen LogP contribution in [0.2, 0.25) is 0 Å². The molecule has 1 aromatic heterocycles. The van der Waals surface area contributed by atoms with Crippen LogP contribution < -0.4 is 5.32 Å². The SMILES string of the molecule is CNC(CC1CCOC1)c1ccco1. The summed E-state index contributed by atoms with van der Waals surface area (Å²) in [5, 5.41) is 3.28. The van der Waals surface area contributed by atoms with E-state index >= 15 is 0 Å². The van der Waals surface area contributed by atoms with E-state index in [1.54, 1.807) is 6.26 Å². The van der Waals surface area contributed by atoms with E-state index in [-0.39, 0.29) is 0 Å². The van der Waals surface area contributed by atoms with Gasteiger partial charge in [-0.05, 0) is 37.9 Å². The lowest BCUT2D eigenvalue weighted by molar-refractivity contribution is 0.180. The summed E-state index contributed by atoms with van der Waals surface area (Å²) in [6, 6.07) is 4.29. The molecule has 1 N–H and O–H groups in total. The zero-order valence-electron chi connectivity index (χ0n) is 8.53. The molecule has 1 aliphatic heterocycles. The Morgan fingerprint density at radius 1 is 1.64 bits per heavy atom. The van der Waals surface area contributed by atoms with Crippen molar-refractivity contribution < 1.29 is 9.15 Å². The fourth-order valence-electron chi connectivity index (χ4n) is 1.97. The molecule has 0 aromatic carbocycles. The van der Waals surface area contributed by atoms with Gasteiger partial charge in [-0.25, -0.2) is 0 Å². The van der Waals surface area contributed by atoms with Crippen LogP contribution in [0, 0.1) is 5.92 Å². The molecular weight excluding hydrogens is 178 g/mol. The van der Waals surface area contributed by atoms with Crippen LogP contribution in [-0.4, -0.2) is 20.3 Å². The highest BCUT2D eigenvalue weighted by atomic mass is 16.5. The maximum Gasteiger partial charge on any atom is 0.120 e. The lowest BCUT2D eigenvalue weighted by Crippen LogP contribution is -2.19. The van der Waals surface area contributed by atoms with E-state index in [9.17, 15) is 0 Å². The Balaban J connectivity index is 1.93. The van der Waals surface area contributed by atoms with Crippen molar-refractivity contribution in [3.05, 3.63) is 24.2 Å². The van der Waals surface area contributed by atoms with Gasteiger partial charge in [0, 0.05) is 13.2 Å². The van der Waals surface area contributed by atoms with Gasteiger partial charge in [0.25, 0.3) is 0 Å². The van der Waals surface area contributed by atoms with Crippen molar-refractivity contribution in [1.82, 2.24) is 5.32 Å². The summed E-state index contributed by atoms with van der Waals surface area (Å²) in [5.41, 5.74) is 0. The first-order chi connectivity index (χ1) is 6.90. The van der Waals surface area contributed by atoms with Crippen LogP contribution in [0.25, 0.3) is 0 Å². The van der Waals surface area contributed by atoms with Crippen molar-refractivity contribution in [3.63, 3.8) is 0 Å². The van der Waals surface area contributed by atoms with Crippen molar-refractivity contribution >= 4 is 0 Å². The molecule has 0 bridgehead atoms. The van der Waals surface area contributed by atoms with Crippen LogP contribution in [0.1, 0.15) is 24.6 Å². The van der Waals surface area contributed by atoms with E-state index in [4.69, 9.17) is 9.15 Å². The molecule has 3 nitrogen and oxygen atoms in total. The number of ether oxygens (including phenoxy) is 1. The van der Waals surface area contributed by atoms with E-state index < -0.39 is 0 Å². The molecule has 2 heterocycles. The van der Waals surface area contributed by atoms with Gasteiger partial charge in [-0.2, -0.15) is 0 Å². The van der Waals surface area contributed by atoms with E-state index in [1.165, 1.54) is 6.42 Å². The van der Waals surface area contributed by atoms with Gasteiger partial charge in [0.2, 0.25) is 0 Å². The summed E-state index contributed by atoms with van der Waals surface area (Å²) in [7, 11) is 1.98. The maximum atomic E-state index is 5.39. The van der Waals surface area contributed by atoms with Gasteiger partial charge in [0.1, 0.15) is 5.76 Å². The summed E-state index contributed by atoms with van der Waals surface area (Å²) in [6.45, 7) is 1.82. The van der Waals surface area contributed by atoms with E-state index in [0.717, 1.165) is 25.4 Å². The second-order valence-electron chi connectivity index (χ2n) is 3.82. The van der Waals surface area contributed by atoms with Gasteiger partial charge in [-0.3, -0.25) is 0 Å². The molecule has 0 aliphatic carbocycles. The smallest absolute Gasteiger partial charge is 0.120 e. The topological polar surface area (TPSA) is 34.4 Å². The minimum atomic E-state index is 0.330. The van der Waals surface area contributed by atoms with Gasteiger partial charge in [-0.1, -0.05) is 0 Å². The molecule has 1 fully saturated rings. The molecule has 2 atom stereocenters. The third-order valence-corrected chi connectivity index (χ3v) is 2.83. The zero-order valence-corrected chi connectivity index (χ0v) is 8.53. The Kier molecular flexibility index (Phi) is 3.22. The summed E-state index contributed by atoms with van der Waals surface area (Å²) in [5.74, 6) is 1.71. The van der Waals surface area contributed by atoms with Crippen LogP contribution in [0.4, 0.5) is 0 Å². The fourth-order valence-corrected chi connectivity index (χ4v) is 1.97. The summed E-state index contributed by atoms with van der Waals surface area (Å²) in [6.07, 6.45) is 4.01. The molecule has 0 amide bonds. The van der Waals surface area contributed by atoms with Crippen molar-refractivity contribution in [3.8, 4) is 0 Å². The summed E-state index contributed by atoms with van der Waals surface area (Å²) in [4.78, 5) is 0. The molecule has 1 aromatic rings. The lowest BCUT2D eigenvalue weighted by Gasteiger charge is -2.16. The maximum absolute atomic E-state index is 5.39. The Bertz CT molecular complexity index is 252. The number of rotatable bonds is 4. The van der Waals surface area contributed by atoms with Crippen LogP contribution in [-0.2, 0) is 4.74 Å². The second-order valence-corrected chi connectivity index (χ2v) is 3.82. The lowest BCUT2D eigenvalue weighted by atomic mass is 9.98. The Morgan fingerprint density at radius 3 is 3.14 bits per heavy atom. The molecule has 78 valence electrons. The highest BCUT2D eigenvalue weighted by Gasteiger charge is 2.22. The van der Waals surface area contributed by atoms with Gasteiger partial charge in [0.15, 0.2) is 0 Å². The first kappa shape index (κ1) is 9.74. The number of furan rings is 1. The molecular formula is C11H17NO2. The van der Waals surface area contributed by atoms with Gasteiger partial charge >= 0.3 is 0 Å². The van der Waals surface area contributed by atoms with Gasteiger partial charge < -0.3 is 14.5 Å². The largest absolute Gasteiger partial charge is 0.468 e. The molecule has 1 saturated heterocycles. The predicted octanol–water partition coefficient (Wildman–Crippen LogP) is 1.97. The molecule has 2 unspecified atom stereocenters. The van der Waals surface area contributed by atoms with Crippen molar-refractivity contribution in [2.75, 3.05) is 20.3 Å². The highest BCUT2D eigenvalue weighted by Crippen LogP contribution is 2.26. The highest BCUT2D eigenvalue weighted by molar-refractivity contribution is 5.04. The molecule has 0 spiro atoms. The van der Waals surface area contributed by atoms with Crippen LogP contribution >= 0.6 is 0 Å². The second kappa shape index (κ2) is 4.62. The minimum absolute atomic E-state index is 0.330. The first-order valence-corrected chi connectivity index (χ1v) is 5.18. The van der Waals surface area contributed by atoms with Gasteiger partial charge in [-0.15, -0.1) is 0 Å². The van der Waals surface area contributed by atoms with Crippen LogP contribution in [0.3, 0.4) is 0 Å². The van der Waals surface area contributed by atoms with E-state index in [1.807, 2.05) is 19.2 Å². The van der Waals surface area contributed by atoms with Crippen molar-refractivity contribution in [2.45, 2.75) is 18.9 Å². The third-order valence-electron chi connectivity index (χ3n) is 2.83. The minimum Gasteiger partial charge on any atom is -0.468 e. The predicted molar refractivity (Wildman–Crippen MR) is 54.1 cm³/mol. The molecule has 3 heteroatoms. The van der Waals surface area contributed by atoms with Crippen LogP contribution in [0.15, 0.2) is 22.8 Å². The monoisotopic (exact) mass is 195 g/mol. The fraction of sp³-hybridized carbons (Fsp3) is 0.636. The first-order valence-electron chi connectivity index (χ1n) is 5.18. The van der Waals surface area contributed by atoms with E-state index in [2.05, 4.69) is 5.32 Å². The Morgan fingerprint density at radius 2 is 2.57 bits per heavy atom. The Hall–Kier alpha value is -0.800. The molecule has 1 aliphatic rings. The zero-order chi connectivity index (χ0) is 9.80. The van der Waals surface area contributed by atoms with Crippen LogP contribution in [0.5, 0.6) is 0 Å². The number of nitrogens with one attached hydrogen (secondary N) is 1. The molecule has 2 rings (SSSR count). The summed E-state index contributed by atoms with van der Waals surface area (Å²) < 4.78 is 10.8. The number of hydrogen-bond donors (Lipinski definition) is 1. The molecule has 0 radical (unpaired) electrons. The molecule has 14 heavy (non-hydrogen) atoms.